The first-order valence-corrected chi connectivity index (χ1v) is 8.83. The molecule has 2 aliphatic heterocycles. The molecule has 128 valence electrons. The number of anilines is 1. The summed E-state index contributed by atoms with van der Waals surface area (Å²) in [6.07, 6.45) is 1.40. The van der Waals surface area contributed by atoms with Crippen molar-refractivity contribution >= 4 is 17.5 Å². The van der Waals surface area contributed by atoms with Crippen molar-refractivity contribution < 1.29 is 9.59 Å². The molecule has 4 nitrogen and oxygen atoms in total. The van der Waals surface area contributed by atoms with Gasteiger partial charge >= 0.3 is 0 Å². The van der Waals surface area contributed by atoms with Crippen LogP contribution in [-0.4, -0.2) is 29.8 Å². The van der Waals surface area contributed by atoms with Crippen LogP contribution in [0.15, 0.2) is 54.6 Å². The number of piperidine rings is 1. The summed E-state index contributed by atoms with van der Waals surface area (Å²) in [6, 6.07) is 18.2. The molecule has 1 fully saturated rings. The van der Waals surface area contributed by atoms with Gasteiger partial charge in [0.2, 0.25) is 11.8 Å². The van der Waals surface area contributed by atoms with Gasteiger partial charge in [0, 0.05) is 25.7 Å². The van der Waals surface area contributed by atoms with E-state index in [0.29, 0.717) is 32.5 Å². The number of hydrogen-bond donors (Lipinski definition) is 0. The van der Waals surface area contributed by atoms with Gasteiger partial charge in [0.1, 0.15) is 0 Å². The highest BCUT2D eigenvalue weighted by Gasteiger charge is 2.51. The first-order chi connectivity index (χ1) is 12.1. The second-order valence-corrected chi connectivity index (χ2v) is 6.98. The molecule has 4 rings (SSSR count). The molecule has 0 N–H and O–H groups in total. The maximum absolute atomic E-state index is 13.4. The van der Waals surface area contributed by atoms with Gasteiger partial charge in [-0.05, 0) is 30.0 Å². The smallest absolute Gasteiger partial charge is 0.238 e. The van der Waals surface area contributed by atoms with E-state index in [1.165, 1.54) is 0 Å². The fourth-order valence-electron chi connectivity index (χ4n) is 4.21. The highest BCUT2D eigenvalue weighted by atomic mass is 16.2. The normalized spacial score (nSPS) is 18.5. The van der Waals surface area contributed by atoms with Crippen LogP contribution in [0.25, 0.3) is 0 Å². The van der Waals surface area contributed by atoms with E-state index in [-0.39, 0.29) is 11.8 Å². The lowest BCUT2D eigenvalue weighted by molar-refractivity contribution is -0.133. The van der Waals surface area contributed by atoms with Crippen molar-refractivity contribution in [3.63, 3.8) is 0 Å². The molecular formula is C21H22N2O2. The zero-order chi connectivity index (χ0) is 17.4. The molecule has 25 heavy (non-hydrogen) atoms. The monoisotopic (exact) mass is 334 g/mol. The Labute approximate surface area is 148 Å². The molecule has 0 unspecified atom stereocenters. The summed E-state index contributed by atoms with van der Waals surface area (Å²) in [5.74, 6) is 0.274. The highest BCUT2D eigenvalue weighted by molar-refractivity contribution is 6.08. The average Bonchev–Trinajstić information content (AvgIpc) is 2.86. The third-order valence-electron chi connectivity index (χ3n) is 5.61. The summed E-state index contributed by atoms with van der Waals surface area (Å²) in [6.45, 7) is 3.49. The highest BCUT2D eigenvalue weighted by Crippen LogP contribution is 2.48. The predicted molar refractivity (Wildman–Crippen MR) is 97.2 cm³/mol. The minimum absolute atomic E-state index is 0.0923. The number of benzene rings is 2. The van der Waals surface area contributed by atoms with E-state index < -0.39 is 5.41 Å². The Morgan fingerprint density at radius 2 is 1.64 bits per heavy atom. The third-order valence-corrected chi connectivity index (χ3v) is 5.61. The van der Waals surface area contributed by atoms with E-state index in [0.717, 1.165) is 16.8 Å². The lowest BCUT2D eigenvalue weighted by atomic mass is 9.73. The van der Waals surface area contributed by atoms with Crippen LogP contribution in [0.3, 0.4) is 0 Å². The Hall–Kier alpha value is -2.62. The van der Waals surface area contributed by atoms with Crippen molar-refractivity contribution in [1.29, 1.82) is 0 Å². The van der Waals surface area contributed by atoms with Crippen LogP contribution in [0.4, 0.5) is 5.69 Å². The molecule has 0 radical (unpaired) electrons. The van der Waals surface area contributed by atoms with Gasteiger partial charge in [0.15, 0.2) is 0 Å². The Balaban J connectivity index is 1.68. The van der Waals surface area contributed by atoms with E-state index in [4.69, 9.17) is 0 Å². The average molecular weight is 334 g/mol. The van der Waals surface area contributed by atoms with Crippen LogP contribution in [0.2, 0.25) is 0 Å². The van der Waals surface area contributed by atoms with E-state index in [2.05, 4.69) is 18.2 Å². The molecule has 2 heterocycles. The number of hydrogen-bond acceptors (Lipinski definition) is 2. The van der Waals surface area contributed by atoms with Crippen molar-refractivity contribution in [3.05, 3.63) is 65.7 Å². The van der Waals surface area contributed by atoms with Crippen LogP contribution in [0, 0.1) is 0 Å². The number of nitrogens with zero attached hydrogens (tertiary/aromatic N) is 2. The van der Waals surface area contributed by atoms with Gasteiger partial charge in [0.05, 0.1) is 12.0 Å². The minimum atomic E-state index is -0.475. The zero-order valence-corrected chi connectivity index (χ0v) is 14.4. The molecule has 2 aromatic rings. The second-order valence-electron chi connectivity index (χ2n) is 6.98. The lowest BCUT2D eigenvalue weighted by Gasteiger charge is -2.38. The zero-order valence-electron chi connectivity index (χ0n) is 14.4. The Morgan fingerprint density at radius 1 is 1.00 bits per heavy atom. The number of fused-ring (bicyclic) bond motifs is 2. The summed E-state index contributed by atoms with van der Waals surface area (Å²) < 4.78 is 0. The van der Waals surface area contributed by atoms with Gasteiger partial charge in [-0.1, -0.05) is 48.5 Å². The summed E-state index contributed by atoms with van der Waals surface area (Å²) in [5, 5.41) is 0. The van der Waals surface area contributed by atoms with Crippen molar-refractivity contribution in [3.8, 4) is 0 Å². The summed E-state index contributed by atoms with van der Waals surface area (Å²) >= 11 is 0. The molecule has 2 aromatic carbocycles. The molecule has 0 bridgehead atoms. The lowest BCUT2D eigenvalue weighted by Crippen LogP contribution is -2.49. The predicted octanol–water partition coefficient (Wildman–Crippen LogP) is 3.11. The molecular weight excluding hydrogens is 312 g/mol. The quantitative estimate of drug-likeness (QED) is 0.847. The van der Waals surface area contributed by atoms with Crippen molar-refractivity contribution in [2.45, 2.75) is 31.7 Å². The first kappa shape index (κ1) is 15.9. The second kappa shape index (κ2) is 6.03. The summed E-state index contributed by atoms with van der Waals surface area (Å²) in [5.41, 5.74) is 2.80. The largest absolute Gasteiger partial charge is 0.343 e. The molecule has 0 atom stereocenters. The van der Waals surface area contributed by atoms with Gasteiger partial charge in [-0.25, -0.2) is 0 Å². The Bertz CT molecular complexity index is 808. The molecule has 1 saturated heterocycles. The first-order valence-electron chi connectivity index (χ1n) is 8.83. The standard InChI is InChI=1S/C21H22N2O2/c1-16(24)22-13-11-21(12-14-22)18-9-5-6-10-19(18)23(20(21)25)15-17-7-3-2-4-8-17/h2-10H,11-15H2,1H3. The third kappa shape index (κ3) is 2.53. The van der Waals surface area contributed by atoms with Crippen LogP contribution in [-0.2, 0) is 21.5 Å². The van der Waals surface area contributed by atoms with Crippen molar-refractivity contribution in [2.75, 3.05) is 18.0 Å². The topological polar surface area (TPSA) is 40.6 Å². The van der Waals surface area contributed by atoms with Crippen molar-refractivity contribution in [1.82, 2.24) is 4.90 Å². The SMILES string of the molecule is CC(=O)N1CCC2(CC1)C(=O)N(Cc1ccccc1)c1ccccc12. The molecule has 1 spiro atoms. The molecule has 2 aliphatic rings. The number of rotatable bonds is 2. The van der Waals surface area contributed by atoms with Gasteiger partial charge in [0.25, 0.3) is 0 Å². The number of likely N-dealkylation sites (tertiary alicyclic amines) is 1. The molecule has 0 aromatic heterocycles. The van der Waals surface area contributed by atoms with E-state index in [1.807, 2.05) is 46.2 Å². The summed E-state index contributed by atoms with van der Waals surface area (Å²) in [7, 11) is 0. The van der Waals surface area contributed by atoms with E-state index in [1.54, 1.807) is 6.92 Å². The fourth-order valence-corrected chi connectivity index (χ4v) is 4.21. The number of para-hydroxylation sites is 1. The van der Waals surface area contributed by atoms with Crippen LogP contribution in [0.1, 0.15) is 30.9 Å². The number of carbonyl (C=O) groups excluding carboxylic acids is 2. The van der Waals surface area contributed by atoms with E-state index >= 15 is 0 Å². The Morgan fingerprint density at radius 3 is 2.32 bits per heavy atom. The van der Waals surface area contributed by atoms with Gasteiger partial charge in [-0.3, -0.25) is 9.59 Å². The van der Waals surface area contributed by atoms with Crippen LogP contribution in [0.5, 0.6) is 0 Å². The van der Waals surface area contributed by atoms with Crippen LogP contribution >= 0.6 is 0 Å². The van der Waals surface area contributed by atoms with Gasteiger partial charge in [-0.2, -0.15) is 0 Å². The molecule has 2 amide bonds. The Kier molecular flexibility index (Phi) is 3.83. The van der Waals surface area contributed by atoms with E-state index in [9.17, 15) is 9.59 Å². The summed E-state index contributed by atoms with van der Waals surface area (Å²) in [4.78, 5) is 28.9. The molecule has 4 heteroatoms. The number of carbonyl (C=O) groups is 2. The van der Waals surface area contributed by atoms with Crippen LogP contribution < -0.4 is 4.90 Å². The fraction of sp³-hybridized carbons (Fsp3) is 0.333. The van der Waals surface area contributed by atoms with Gasteiger partial charge in [-0.15, -0.1) is 0 Å². The van der Waals surface area contributed by atoms with Crippen molar-refractivity contribution in [2.24, 2.45) is 0 Å². The number of amides is 2. The molecule has 0 aliphatic carbocycles. The maximum atomic E-state index is 13.4. The maximum Gasteiger partial charge on any atom is 0.238 e. The minimum Gasteiger partial charge on any atom is -0.343 e. The van der Waals surface area contributed by atoms with Gasteiger partial charge < -0.3 is 9.80 Å². The molecule has 0 saturated carbocycles.